The summed E-state index contributed by atoms with van der Waals surface area (Å²) in [5, 5.41) is 41.7. The Labute approximate surface area is 360 Å². The predicted molar refractivity (Wildman–Crippen MR) is 230 cm³/mol. The van der Waals surface area contributed by atoms with E-state index in [1.165, 1.54) is 21.6 Å². The second-order valence-corrected chi connectivity index (χ2v) is 12.8. The Morgan fingerprint density at radius 2 is 1.28 bits per heavy atom. The first kappa shape index (κ1) is 49.9. The Morgan fingerprint density at radius 1 is 0.820 bits per heavy atom. The van der Waals surface area contributed by atoms with Gasteiger partial charge >= 0.3 is 29.3 Å². The Balaban J connectivity index is 0.000000590. The SMILES string of the molecule is C.CCCCOc1nc(N)c([N+](=O)[O-])c(N(CC(=O)OCC)Cc2cccc(C#N)c2)n1.CCOC(=O)CN(Cc1cccc(C#N)c1)c1nc(SC)nc(N)c1[N+](=O)[O-].[2H][B]. The van der Waals surface area contributed by atoms with Crippen molar-refractivity contribution < 1.29 is 33.6 Å². The summed E-state index contributed by atoms with van der Waals surface area (Å²) in [6, 6.07) is 17.3. The molecule has 0 bridgehead atoms. The topological polar surface area (TPSA) is 306 Å². The van der Waals surface area contributed by atoms with Gasteiger partial charge in [-0.15, -0.1) is 0 Å². The van der Waals surface area contributed by atoms with Crippen LogP contribution in [0.5, 0.6) is 6.01 Å². The van der Waals surface area contributed by atoms with Crippen LogP contribution in [-0.4, -0.2) is 90.6 Å². The van der Waals surface area contributed by atoms with Gasteiger partial charge in [0.25, 0.3) is 0 Å². The van der Waals surface area contributed by atoms with Gasteiger partial charge in [0.15, 0.2) is 5.16 Å². The van der Waals surface area contributed by atoms with Gasteiger partial charge in [0.2, 0.25) is 23.3 Å². The van der Waals surface area contributed by atoms with Gasteiger partial charge in [-0.05, 0) is 63.3 Å². The molecule has 2 aromatic heterocycles. The molecule has 0 aliphatic rings. The molecule has 0 saturated carbocycles. The van der Waals surface area contributed by atoms with E-state index in [0.29, 0.717) is 28.9 Å². The van der Waals surface area contributed by atoms with E-state index in [1.54, 1.807) is 68.6 Å². The molecule has 4 aromatic rings. The molecule has 0 saturated heterocycles. The molecule has 23 heteroatoms. The standard InChI is InChI=1S/C20H24N6O5.C17H18N6O4S.CH4.BH/c1-3-5-9-31-20-23-18(22)17(26(28)29)19(24-20)25(13-16(27)30-4-2)12-15-8-6-7-14(10-15)11-21;1-3-27-13(24)10-22(9-12-6-4-5-11(7-12)8-18)16-14(23(25)26)15(19)20-17(21-16)28-2;;/h6-8,10H,3-5,9,12-13H2,1-2H3,(H2,22,23,24);4-7H,3,9-10H2,1-2H3,(H2,19,20,21);1H4;1H/i;;;1D. The summed E-state index contributed by atoms with van der Waals surface area (Å²) in [7, 11) is 3.75. The number of rotatable bonds is 19. The largest absolute Gasteiger partial charge is 0.465 e. The number of benzene rings is 2. The zero-order chi connectivity index (χ0) is 45.5. The highest BCUT2D eigenvalue weighted by Crippen LogP contribution is 2.35. The Kier molecular flexibility index (Phi) is 21.2. The van der Waals surface area contributed by atoms with Crippen molar-refractivity contribution >= 4 is 66.7 Å². The molecule has 0 fully saturated rings. The van der Waals surface area contributed by atoms with E-state index in [1.807, 2.05) is 19.1 Å². The van der Waals surface area contributed by atoms with Gasteiger partial charge in [-0.2, -0.15) is 30.5 Å². The zero-order valence-electron chi connectivity index (χ0n) is 34.3. The second kappa shape index (κ2) is 26.0. The predicted octanol–water partition coefficient (Wildman–Crippen LogP) is 4.71. The fourth-order valence-electron chi connectivity index (χ4n) is 5.19. The number of esters is 2. The summed E-state index contributed by atoms with van der Waals surface area (Å²) >= 11 is 1.17. The summed E-state index contributed by atoms with van der Waals surface area (Å²) in [4.78, 5) is 65.1. The molecule has 4 rings (SSSR count). The van der Waals surface area contributed by atoms with Crippen LogP contribution in [0.25, 0.3) is 0 Å². The number of carbonyl (C=O) groups is 2. The molecule has 0 atom stereocenters. The van der Waals surface area contributed by atoms with E-state index in [9.17, 15) is 29.8 Å². The van der Waals surface area contributed by atoms with Gasteiger partial charge in [-0.3, -0.25) is 29.8 Å². The summed E-state index contributed by atoms with van der Waals surface area (Å²) in [5.41, 5.74) is 12.7. The fourth-order valence-corrected chi connectivity index (χ4v) is 5.56. The summed E-state index contributed by atoms with van der Waals surface area (Å²) in [5.74, 6) is -2.09. The number of nitro groups is 2. The summed E-state index contributed by atoms with van der Waals surface area (Å²) in [6.07, 6.45) is 3.32. The number of hydrogen-bond acceptors (Lipinski definition) is 20. The van der Waals surface area contributed by atoms with Gasteiger partial charge in [-0.25, -0.2) is 0 Å². The number of hydrogen-bond donors (Lipinski definition) is 2. The summed E-state index contributed by atoms with van der Waals surface area (Å²) in [6.45, 7) is 5.45. The van der Waals surface area contributed by atoms with Gasteiger partial charge in [0.1, 0.15) is 13.1 Å². The molecule has 0 unspecified atom stereocenters. The molecule has 21 nitrogen and oxygen atoms in total. The van der Waals surface area contributed by atoms with Crippen molar-refractivity contribution in [1.82, 2.24) is 19.9 Å². The third-order valence-electron chi connectivity index (χ3n) is 7.73. The highest BCUT2D eigenvalue weighted by molar-refractivity contribution is 7.98. The third-order valence-corrected chi connectivity index (χ3v) is 8.28. The molecule has 0 spiro atoms. The van der Waals surface area contributed by atoms with Crippen molar-refractivity contribution in [3.63, 3.8) is 0 Å². The molecule has 322 valence electrons. The van der Waals surface area contributed by atoms with E-state index in [2.05, 4.69) is 28.3 Å². The minimum atomic E-state index is -0.704. The lowest BCUT2D eigenvalue weighted by Gasteiger charge is -2.23. The number of ether oxygens (including phenoxy) is 3. The smallest absolute Gasteiger partial charge is 0.353 e. The Hall–Kier alpha value is -7.27. The molecule has 0 aliphatic carbocycles. The first-order valence-corrected chi connectivity index (χ1v) is 19.1. The third kappa shape index (κ3) is 15.4. The van der Waals surface area contributed by atoms with Gasteiger partial charge in [0.05, 0.1) is 52.9 Å². The van der Waals surface area contributed by atoms with E-state index >= 15 is 0 Å². The minimum Gasteiger partial charge on any atom is -0.465 e. The lowest BCUT2D eigenvalue weighted by Crippen LogP contribution is -2.32. The van der Waals surface area contributed by atoms with Crippen LogP contribution in [0.3, 0.4) is 0 Å². The van der Waals surface area contributed by atoms with Crippen molar-refractivity contribution in [2.45, 2.75) is 59.3 Å². The molecule has 2 heterocycles. The number of nitrogen functional groups attached to an aromatic ring is 2. The number of carbonyl (C=O) groups excluding carboxylic acids is 2. The van der Waals surface area contributed by atoms with Crippen LogP contribution in [0.4, 0.5) is 34.6 Å². The lowest BCUT2D eigenvalue weighted by atomic mass is 10.1. The van der Waals surface area contributed by atoms with Gasteiger partial charge in [-0.1, -0.05) is 56.8 Å². The maximum atomic E-state index is 12.2. The van der Waals surface area contributed by atoms with E-state index in [4.69, 9.17) is 37.5 Å². The van der Waals surface area contributed by atoms with E-state index < -0.39 is 33.2 Å². The van der Waals surface area contributed by atoms with Crippen molar-refractivity contribution in [1.29, 1.82) is 11.9 Å². The van der Waals surface area contributed by atoms with Crippen molar-refractivity contribution in [3.8, 4) is 18.1 Å². The molecular formula is C38H47BN12O9S. The van der Waals surface area contributed by atoms with Crippen LogP contribution in [0.1, 0.15) is 63.3 Å². The average molecular weight is 860 g/mol. The highest BCUT2D eigenvalue weighted by atomic mass is 32.2. The van der Waals surface area contributed by atoms with Crippen molar-refractivity contribution in [2.24, 2.45) is 0 Å². The molecule has 4 N–H and O–H groups in total. The van der Waals surface area contributed by atoms with Crippen LogP contribution < -0.4 is 26.0 Å². The maximum Gasteiger partial charge on any atom is 0.353 e. The highest BCUT2D eigenvalue weighted by Gasteiger charge is 2.31. The lowest BCUT2D eigenvalue weighted by molar-refractivity contribution is -0.383. The van der Waals surface area contributed by atoms with Crippen LogP contribution in [-0.2, 0) is 32.2 Å². The number of unbranched alkanes of at least 4 members (excludes halogenated alkanes) is 1. The van der Waals surface area contributed by atoms with E-state index in [-0.39, 0.29) is 81.3 Å². The number of nitriles is 2. The monoisotopic (exact) mass is 859 g/mol. The first-order chi connectivity index (χ1) is 29.3. The summed E-state index contributed by atoms with van der Waals surface area (Å²) < 4.78 is 20.7. The van der Waals surface area contributed by atoms with Crippen LogP contribution in [0.2, 0.25) is 0 Å². The molecular weight excluding hydrogens is 811 g/mol. The normalized spacial score (nSPS) is 9.97. The molecule has 0 amide bonds. The number of aromatic nitrogens is 4. The van der Waals surface area contributed by atoms with Crippen LogP contribution in [0, 0.1) is 42.9 Å². The molecule has 2 radical (unpaired) electrons. The van der Waals surface area contributed by atoms with Gasteiger partial charge < -0.3 is 35.5 Å². The van der Waals surface area contributed by atoms with Crippen LogP contribution >= 0.6 is 11.8 Å². The van der Waals surface area contributed by atoms with Crippen molar-refractivity contribution in [2.75, 3.05) is 60.4 Å². The first-order valence-electron chi connectivity index (χ1n) is 18.5. The molecule has 2 aromatic carbocycles. The van der Waals surface area contributed by atoms with E-state index in [0.717, 1.165) is 12.8 Å². The quantitative estimate of drug-likeness (QED) is 0.0245. The Bertz CT molecular complexity index is 2230. The average Bonchev–Trinajstić information content (AvgIpc) is 3.23. The fraction of sp³-hybridized carbons (Fsp3) is 0.368. The van der Waals surface area contributed by atoms with Gasteiger partial charge in [0, 0.05) is 21.5 Å². The zero-order valence-corrected chi connectivity index (χ0v) is 34.1. The Morgan fingerprint density at radius 3 is 1.69 bits per heavy atom. The van der Waals surface area contributed by atoms with Crippen LogP contribution in [0.15, 0.2) is 53.7 Å². The number of nitrogens with two attached hydrogens (primary N) is 2. The number of anilines is 4. The maximum absolute atomic E-state index is 12.2. The number of nitrogens with zero attached hydrogens (tertiary/aromatic N) is 10. The van der Waals surface area contributed by atoms with Crippen molar-refractivity contribution in [3.05, 3.63) is 91.0 Å². The second-order valence-electron chi connectivity index (χ2n) is 12.0. The number of thioether (sulfide) groups is 1. The minimum absolute atomic E-state index is 0. The molecule has 0 aliphatic heterocycles. The molecule has 61 heavy (non-hydrogen) atoms.